The van der Waals surface area contributed by atoms with Gasteiger partial charge in [0.1, 0.15) is 5.52 Å². The van der Waals surface area contributed by atoms with Crippen molar-refractivity contribution in [1.82, 2.24) is 10.3 Å². The van der Waals surface area contributed by atoms with E-state index < -0.39 is 0 Å². The van der Waals surface area contributed by atoms with Crippen LogP contribution in [0.2, 0.25) is 0 Å². The molecule has 5 heteroatoms. The van der Waals surface area contributed by atoms with Gasteiger partial charge in [-0.15, -0.1) is 0 Å². The maximum absolute atomic E-state index is 11.9. The molecule has 0 aliphatic heterocycles. The first-order valence-electron chi connectivity index (χ1n) is 8.01. The van der Waals surface area contributed by atoms with E-state index in [1.54, 1.807) is 0 Å². The number of carbonyl (C=O) groups excluding carboxylic acids is 1. The zero-order chi connectivity index (χ0) is 15.5. The third kappa shape index (κ3) is 3.30. The molecule has 1 fully saturated rings. The summed E-state index contributed by atoms with van der Waals surface area (Å²) in [5.74, 6) is 1.09. The Kier molecular flexibility index (Phi) is 4.43. The molecule has 1 saturated carbocycles. The number of amides is 1. The number of hydrogen-bond acceptors (Lipinski definition) is 4. The lowest BCUT2D eigenvalue weighted by atomic mass is 10.00. The van der Waals surface area contributed by atoms with E-state index in [1.807, 2.05) is 25.1 Å². The van der Waals surface area contributed by atoms with Gasteiger partial charge in [-0.2, -0.15) is 0 Å². The van der Waals surface area contributed by atoms with Gasteiger partial charge in [0.15, 0.2) is 11.5 Å². The average Bonchev–Trinajstić information content (AvgIpc) is 3.07. The molecule has 0 spiro atoms. The number of para-hydroxylation sites is 1. The minimum Gasteiger partial charge on any atom is -0.441 e. The van der Waals surface area contributed by atoms with E-state index in [9.17, 15) is 4.79 Å². The molecule has 3 N–H and O–H groups in total. The third-order valence-electron chi connectivity index (χ3n) is 4.49. The molecular formula is C17H23N3O2. The van der Waals surface area contributed by atoms with Crippen LogP contribution in [0, 0.1) is 12.8 Å². The molecule has 1 aromatic heterocycles. The molecule has 118 valence electrons. The number of aromatic nitrogens is 1. The van der Waals surface area contributed by atoms with Crippen molar-refractivity contribution in [3.63, 3.8) is 0 Å². The van der Waals surface area contributed by atoms with Crippen LogP contribution in [0.25, 0.3) is 11.1 Å². The van der Waals surface area contributed by atoms with Gasteiger partial charge in [0.25, 0.3) is 0 Å². The molecule has 0 radical (unpaired) electrons. The number of fused-ring (bicyclic) bond motifs is 1. The second kappa shape index (κ2) is 6.48. The van der Waals surface area contributed by atoms with E-state index in [0.29, 0.717) is 31.2 Å². The van der Waals surface area contributed by atoms with Crippen LogP contribution in [-0.2, 0) is 11.2 Å². The maximum Gasteiger partial charge on any atom is 0.220 e. The van der Waals surface area contributed by atoms with Crippen LogP contribution in [0.5, 0.6) is 0 Å². The summed E-state index contributed by atoms with van der Waals surface area (Å²) in [6, 6.07) is 6.07. The summed E-state index contributed by atoms with van der Waals surface area (Å²) in [7, 11) is 0. The summed E-state index contributed by atoms with van der Waals surface area (Å²) >= 11 is 0. The molecule has 1 aliphatic carbocycles. The minimum atomic E-state index is 0.0784. The number of rotatable bonds is 5. The van der Waals surface area contributed by atoms with E-state index in [2.05, 4.69) is 10.3 Å². The highest BCUT2D eigenvalue weighted by Crippen LogP contribution is 2.26. The van der Waals surface area contributed by atoms with Crippen molar-refractivity contribution in [1.29, 1.82) is 0 Å². The first-order valence-corrected chi connectivity index (χ1v) is 8.01. The highest BCUT2D eigenvalue weighted by molar-refractivity contribution is 5.77. The summed E-state index contributed by atoms with van der Waals surface area (Å²) in [4.78, 5) is 16.4. The van der Waals surface area contributed by atoms with Crippen molar-refractivity contribution in [2.75, 3.05) is 6.54 Å². The van der Waals surface area contributed by atoms with Gasteiger partial charge in [-0.3, -0.25) is 4.79 Å². The molecule has 1 aromatic carbocycles. The van der Waals surface area contributed by atoms with Crippen LogP contribution in [0.4, 0.5) is 0 Å². The maximum atomic E-state index is 11.9. The number of aryl methyl sites for hydroxylation is 1. The highest BCUT2D eigenvalue weighted by atomic mass is 16.3. The first-order chi connectivity index (χ1) is 10.6. The van der Waals surface area contributed by atoms with Gasteiger partial charge in [-0.25, -0.2) is 4.98 Å². The Morgan fingerprint density at radius 1 is 1.45 bits per heavy atom. The van der Waals surface area contributed by atoms with E-state index in [0.717, 1.165) is 35.9 Å². The Labute approximate surface area is 130 Å². The summed E-state index contributed by atoms with van der Waals surface area (Å²) in [5, 5.41) is 2.94. The molecule has 5 nitrogen and oxygen atoms in total. The van der Waals surface area contributed by atoms with Crippen molar-refractivity contribution < 1.29 is 9.21 Å². The van der Waals surface area contributed by atoms with Crippen molar-refractivity contribution in [3.05, 3.63) is 29.7 Å². The van der Waals surface area contributed by atoms with Crippen molar-refractivity contribution >= 4 is 17.0 Å². The molecule has 2 aromatic rings. The van der Waals surface area contributed by atoms with Gasteiger partial charge >= 0.3 is 0 Å². The molecule has 2 atom stereocenters. The van der Waals surface area contributed by atoms with Crippen LogP contribution >= 0.6 is 0 Å². The number of nitrogens with two attached hydrogens (primary N) is 1. The SMILES string of the molecule is Cc1cccc2oc(CCNC(=O)C[C@@H]3CCC[C@H]3N)nc12. The fourth-order valence-electron chi connectivity index (χ4n) is 3.18. The topological polar surface area (TPSA) is 81.2 Å². The lowest BCUT2D eigenvalue weighted by Crippen LogP contribution is -2.32. The number of benzene rings is 1. The predicted molar refractivity (Wildman–Crippen MR) is 85.4 cm³/mol. The lowest BCUT2D eigenvalue weighted by molar-refractivity contribution is -0.122. The van der Waals surface area contributed by atoms with Crippen LogP contribution in [0.15, 0.2) is 22.6 Å². The zero-order valence-corrected chi connectivity index (χ0v) is 13.0. The Hall–Kier alpha value is -1.88. The molecule has 3 rings (SSSR count). The number of hydrogen-bond donors (Lipinski definition) is 2. The van der Waals surface area contributed by atoms with Crippen LogP contribution in [0.3, 0.4) is 0 Å². The monoisotopic (exact) mass is 301 g/mol. The van der Waals surface area contributed by atoms with Gasteiger partial charge in [0, 0.05) is 25.4 Å². The summed E-state index contributed by atoms with van der Waals surface area (Å²) in [6.45, 7) is 2.56. The van der Waals surface area contributed by atoms with Crippen molar-refractivity contribution in [2.45, 2.75) is 45.1 Å². The largest absolute Gasteiger partial charge is 0.441 e. The Bertz CT molecular complexity index is 665. The standard InChI is InChI=1S/C17H23N3O2/c1-11-4-2-7-14-17(11)20-16(22-14)8-9-19-15(21)10-12-5-3-6-13(12)18/h2,4,7,12-13H,3,5-6,8-10,18H2,1H3,(H,19,21)/t12-,13+/m0/s1. The second-order valence-corrected chi connectivity index (χ2v) is 6.19. The lowest BCUT2D eigenvalue weighted by Gasteiger charge is -2.14. The number of oxazole rings is 1. The van der Waals surface area contributed by atoms with Gasteiger partial charge in [0.05, 0.1) is 0 Å². The fraction of sp³-hybridized carbons (Fsp3) is 0.529. The van der Waals surface area contributed by atoms with E-state index >= 15 is 0 Å². The molecule has 1 heterocycles. The fourth-order valence-corrected chi connectivity index (χ4v) is 3.18. The Balaban J connectivity index is 1.49. The highest BCUT2D eigenvalue weighted by Gasteiger charge is 2.25. The summed E-state index contributed by atoms with van der Waals surface area (Å²) in [5.41, 5.74) is 8.81. The van der Waals surface area contributed by atoms with Gasteiger partial charge in [0.2, 0.25) is 5.91 Å². The van der Waals surface area contributed by atoms with E-state index in [4.69, 9.17) is 10.2 Å². The number of carbonyl (C=O) groups is 1. The normalized spacial score (nSPS) is 21.4. The van der Waals surface area contributed by atoms with E-state index in [-0.39, 0.29) is 11.9 Å². The summed E-state index contributed by atoms with van der Waals surface area (Å²) < 4.78 is 5.70. The predicted octanol–water partition coefficient (Wildman–Crippen LogP) is 2.31. The first kappa shape index (κ1) is 15.0. The number of nitrogens with one attached hydrogen (secondary N) is 1. The Morgan fingerprint density at radius 2 is 2.32 bits per heavy atom. The molecule has 1 aliphatic rings. The van der Waals surface area contributed by atoms with Gasteiger partial charge in [-0.1, -0.05) is 18.6 Å². The third-order valence-corrected chi connectivity index (χ3v) is 4.49. The average molecular weight is 301 g/mol. The minimum absolute atomic E-state index is 0.0784. The second-order valence-electron chi connectivity index (χ2n) is 6.19. The molecule has 0 unspecified atom stereocenters. The summed E-state index contributed by atoms with van der Waals surface area (Å²) in [6.07, 6.45) is 4.39. The van der Waals surface area contributed by atoms with Gasteiger partial charge in [-0.05, 0) is 37.3 Å². The molecule has 1 amide bonds. The van der Waals surface area contributed by atoms with Gasteiger partial charge < -0.3 is 15.5 Å². The molecule has 0 saturated heterocycles. The molecular weight excluding hydrogens is 278 g/mol. The van der Waals surface area contributed by atoms with Crippen LogP contribution in [-0.4, -0.2) is 23.5 Å². The quantitative estimate of drug-likeness (QED) is 0.888. The smallest absolute Gasteiger partial charge is 0.220 e. The number of nitrogens with zero attached hydrogens (tertiary/aromatic N) is 1. The van der Waals surface area contributed by atoms with Crippen molar-refractivity contribution in [3.8, 4) is 0 Å². The molecule has 0 bridgehead atoms. The van der Waals surface area contributed by atoms with Crippen molar-refractivity contribution in [2.24, 2.45) is 11.7 Å². The zero-order valence-electron chi connectivity index (χ0n) is 13.0. The van der Waals surface area contributed by atoms with E-state index in [1.165, 1.54) is 0 Å². The molecule has 22 heavy (non-hydrogen) atoms. The van der Waals surface area contributed by atoms with Crippen LogP contribution in [0.1, 0.15) is 37.1 Å². The Morgan fingerprint density at radius 3 is 3.05 bits per heavy atom. The van der Waals surface area contributed by atoms with Crippen LogP contribution < -0.4 is 11.1 Å².